The summed E-state index contributed by atoms with van der Waals surface area (Å²) < 4.78 is 107. The van der Waals surface area contributed by atoms with Crippen LogP contribution in [0.1, 0.15) is 16.7 Å². The van der Waals surface area contributed by atoms with Crippen molar-refractivity contribution in [2.24, 2.45) is 0 Å². The SMILES string of the molecule is F[B-]1(F)Oc2ccccc2C=[N+]1CCN(CC[N+]1=Cc2ccccc2O[B-]1(F)F)CC[N+]1=Cc2ccccc2O[B-]1(F)F. The summed E-state index contributed by atoms with van der Waals surface area (Å²) in [5, 5.41) is 0. The molecule has 3 aliphatic rings. The first kappa shape index (κ1) is 28.9. The minimum atomic E-state index is -4.41. The second kappa shape index (κ2) is 11.1. The molecule has 0 radical (unpaired) electrons. The van der Waals surface area contributed by atoms with E-state index in [1.165, 1.54) is 36.8 Å². The fraction of sp³-hybridized carbons (Fsp3) is 0.222. The van der Waals surface area contributed by atoms with Crippen molar-refractivity contribution in [1.82, 2.24) is 4.90 Å². The standard InChI is InChI=1S/C27H27B3F6N4O3/c31-28(32)38(19-22-7-1-4-10-25(22)41-28)16-13-37(14-17-39-20-23-8-2-5-11-26(23)42-29(39,33)34)15-18-40-21-24-9-3-6-12-27(24)43-30(40,35)36/h1-12,19-21H,13-18H2. The lowest BCUT2D eigenvalue weighted by Crippen LogP contribution is -2.54. The van der Waals surface area contributed by atoms with Gasteiger partial charge < -0.3 is 53.3 Å². The van der Waals surface area contributed by atoms with Crippen molar-refractivity contribution in [1.29, 1.82) is 0 Å². The third-order valence-electron chi connectivity index (χ3n) is 7.66. The van der Waals surface area contributed by atoms with Crippen LogP contribution in [0.25, 0.3) is 0 Å². The van der Waals surface area contributed by atoms with Gasteiger partial charge in [0, 0.05) is 0 Å². The molecule has 0 atom stereocenters. The minimum Gasteiger partial charge on any atom is -0.599 e. The van der Waals surface area contributed by atoms with Crippen LogP contribution in [0, 0.1) is 0 Å². The maximum Gasteiger partial charge on any atom is 0.828 e. The Morgan fingerprint density at radius 3 is 1.05 bits per heavy atom. The van der Waals surface area contributed by atoms with Crippen molar-refractivity contribution >= 4 is 39.8 Å². The maximum atomic E-state index is 14.9. The van der Waals surface area contributed by atoms with Gasteiger partial charge in [0.1, 0.15) is 38.3 Å². The highest BCUT2D eigenvalue weighted by atomic mass is 19.3. The van der Waals surface area contributed by atoms with E-state index in [4.69, 9.17) is 14.0 Å². The lowest BCUT2D eigenvalue weighted by atomic mass is 9.99. The summed E-state index contributed by atoms with van der Waals surface area (Å²) in [7, 11) is -13.2. The Morgan fingerprint density at radius 1 is 0.465 bits per heavy atom. The maximum absolute atomic E-state index is 14.9. The topological polar surface area (TPSA) is 40.0 Å². The number of rotatable bonds is 9. The van der Waals surface area contributed by atoms with E-state index < -0.39 is 21.1 Å². The lowest BCUT2D eigenvalue weighted by molar-refractivity contribution is -0.449. The summed E-state index contributed by atoms with van der Waals surface area (Å²) in [6, 6.07) is 19.1. The second-order valence-electron chi connectivity index (χ2n) is 10.6. The molecule has 0 spiro atoms. The Labute approximate surface area is 244 Å². The van der Waals surface area contributed by atoms with Gasteiger partial charge in [0.05, 0.1) is 53.6 Å². The molecule has 43 heavy (non-hydrogen) atoms. The van der Waals surface area contributed by atoms with Crippen molar-refractivity contribution in [3.05, 3.63) is 89.5 Å². The first-order chi connectivity index (χ1) is 20.5. The van der Waals surface area contributed by atoms with E-state index in [1.807, 2.05) is 0 Å². The van der Waals surface area contributed by atoms with E-state index in [0.717, 1.165) is 13.5 Å². The third-order valence-corrected chi connectivity index (χ3v) is 7.66. The van der Waals surface area contributed by atoms with Crippen LogP contribution in [0.3, 0.4) is 0 Å². The van der Waals surface area contributed by atoms with Crippen LogP contribution in [-0.4, -0.2) is 97.4 Å². The number of hydrogen-bond acceptors (Lipinski definition) is 4. The number of nitrogens with zero attached hydrogens (tertiary/aromatic N) is 4. The Morgan fingerprint density at radius 2 is 0.744 bits per heavy atom. The van der Waals surface area contributed by atoms with E-state index in [0.29, 0.717) is 16.7 Å². The van der Waals surface area contributed by atoms with Crippen LogP contribution in [-0.2, 0) is 0 Å². The zero-order chi connectivity index (χ0) is 30.2. The molecule has 3 heterocycles. The summed E-state index contributed by atoms with van der Waals surface area (Å²) in [5.41, 5.74) is 1.39. The molecule has 3 aromatic carbocycles. The van der Waals surface area contributed by atoms with E-state index in [-0.39, 0.29) is 56.5 Å². The van der Waals surface area contributed by atoms with E-state index in [9.17, 15) is 25.9 Å². The third kappa shape index (κ3) is 6.15. The van der Waals surface area contributed by atoms with Gasteiger partial charge in [-0.15, -0.1) is 0 Å². The molecule has 0 aromatic heterocycles. The molecule has 0 unspecified atom stereocenters. The molecule has 0 saturated heterocycles. The molecule has 16 heteroatoms. The first-order valence-electron chi connectivity index (χ1n) is 13.9. The zero-order valence-electron chi connectivity index (χ0n) is 22.9. The second-order valence-corrected chi connectivity index (χ2v) is 10.6. The van der Waals surface area contributed by atoms with Crippen molar-refractivity contribution < 1.29 is 53.3 Å². The molecule has 3 aromatic rings. The number of fused-ring (bicyclic) bond motifs is 3. The highest BCUT2D eigenvalue weighted by Gasteiger charge is 2.51. The number of halogens is 6. The van der Waals surface area contributed by atoms with Crippen molar-refractivity contribution in [2.75, 3.05) is 39.3 Å². The van der Waals surface area contributed by atoms with Gasteiger partial charge in [0.25, 0.3) is 0 Å². The molecule has 3 aliphatic heterocycles. The van der Waals surface area contributed by atoms with Crippen molar-refractivity contribution in [2.45, 2.75) is 0 Å². The lowest BCUT2D eigenvalue weighted by Gasteiger charge is -2.32. The summed E-state index contributed by atoms with van der Waals surface area (Å²) in [5.74, 6) is 0.157. The number of benzene rings is 3. The van der Waals surface area contributed by atoms with Crippen LogP contribution in [0.4, 0.5) is 25.9 Å². The first-order valence-corrected chi connectivity index (χ1v) is 13.9. The largest absolute Gasteiger partial charge is 0.828 e. The van der Waals surface area contributed by atoms with Crippen LogP contribution < -0.4 is 14.0 Å². The highest BCUT2D eigenvalue weighted by Crippen LogP contribution is 2.29. The van der Waals surface area contributed by atoms with E-state index in [2.05, 4.69) is 0 Å². The van der Waals surface area contributed by atoms with Gasteiger partial charge in [0.2, 0.25) is 0 Å². The Kier molecular flexibility index (Phi) is 7.49. The van der Waals surface area contributed by atoms with Gasteiger partial charge in [-0.25, -0.2) is 0 Å². The quantitative estimate of drug-likeness (QED) is 0.275. The fourth-order valence-corrected chi connectivity index (χ4v) is 5.29. The van der Waals surface area contributed by atoms with Gasteiger partial charge in [0.15, 0.2) is 0 Å². The number of para-hydroxylation sites is 3. The average Bonchev–Trinajstić information content (AvgIpc) is 2.95. The summed E-state index contributed by atoms with van der Waals surface area (Å²) in [6.07, 6.45) is 3.87. The smallest absolute Gasteiger partial charge is 0.599 e. The van der Waals surface area contributed by atoms with E-state index in [1.54, 1.807) is 59.5 Å². The summed E-state index contributed by atoms with van der Waals surface area (Å²) in [6.45, 7) is -0.864. The Bertz CT molecular complexity index is 1450. The molecule has 0 fully saturated rings. The minimum absolute atomic E-state index is 0.0485. The van der Waals surface area contributed by atoms with Crippen LogP contribution >= 0.6 is 0 Å². The van der Waals surface area contributed by atoms with Gasteiger partial charge in [-0.1, -0.05) is 36.4 Å². The molecule has 6 rings (SSSR count). The molecule has 7 nitrogen and oxygen atoms in total. The average molecular weight is 602 g/mol. The molecular formula is C27H27B3F6N4O3. The number of hydrogen-bond donors (Lipinski definition) is 0. The molecule has 0 N–H and O–H groups in total. The molecule has 0 saturated carbocycles. The predicted molar refractivity (Wildman–Crippen MR) is 152 cm³/mol. The summed E-state index contributed by atoms with van der Waals surface area (Å²) >= 11 is 0. The van der Waals surface area contributed by atoms with Gasteiger partial charge in [-0.2, -0.15) is 0 Å². The summed E-state index contributed by atoms with van der Waals surface area (Å²) in [4.78, 5) is 1.58. The normalized spacial score (nSPS) is 18.9. The zero-order valence-corrected chi connectivity index (χ0v) is 22.9. The van der Waals surface area contributed by atoms with Crippen LogP contribution in [0.15, 0.2) is 72.8 Å². The Hall–Kier alpha value is -4.20. The van der Waals surface area contributed by atoms with Crippen LogP contribution in [0.5, 0.6) is 17.2 Å². The predicted octanol–water partition coefficient (Wildman–Crippen LogP) is 3.98. The van der Waals surface area contributed by atoms with Gasteiger partial charge in [-0.3, -0.25) is 4.90 Å². The van der Waals surface area contributed by atoms with E-state index >= 15 is 0 Å². The highest BCUT2D eigenvalue weighted by molar-refractivity contribution is 6.53. The molecular weight excluding hydrogens is 575 g/mol. The Balaban J connectivity index is 1.22. The molecule has 224 valence electrons. The van der Waals surface area contributed by atoms with Crippen molar-refractivity contribution in [3.63, 3.8) is 0 Å². The molecule has 0 aliphatic carbocycles. The monoisotopic (exact) mass is 602 g/mol. The van der Waals surface area contributed by atoms with Gasteiger partial charge in [-0.05, 0) is 36.4 Å². The molecule has 0 amide bonds. The fourth-order valence-electron chi connectivity index (χ4n) is 5.29. The molecule has 0 bridgehead atoms. The van der Waals surface area contributed by atoms with Crippen LogP contribution in [0.2, 0.25) is 0 Å². The van der Waals surface area contributed by atoms with Crippen molar-refractivity contribution in [3.8, 4) is 17.2 Å². The van der Waals surface area contributed by atoms with Gasteiger partial charge >= 0.3 is 21.1 Å².